The number of unbranched alkanes of at least 4 members (excludes halogenated alkanes) is 5. The lowest BCUT2D eigenvalue weighted by atomic mass is 10.0. The highest BCUT2D eigenvalue weighted by molar-refractivity contribution is 6.00. The number of amides is 7. The van der Waals surface area contributed by atoms with Crippen molar-refractivity contribution in [1.82, 2.24) is 36.4 Å². The van der Waals surface area contributed by atoms with Gasteiger partial charge in [0.2, 0.25) is 35.4 Å². The molecule has 74 heavy (non-hydrogen) atoms. The Morgan fingerprint density at radius 1 is 0.730 bits per heavy atom. The number of aromatic hydroxyl groups is 1. The molecular formula is C54H74N8O12. The molecule has 0 saturated carbocycles. The first kappa shape index (κ1) is 56.7. The number of hydrogen-bond donors (Lipinski definition) is 10. The zero-order chi connectivity index (χ0) is 53.5. The van der Waals surface area contributed by atoms with Crippen LogP contribution in [-0.4, -0.2) is 158 Å². The second-order valence-corrected chi connectivity index (χ2v) is 19.8. The highest BCUT2D eigenvalue weighted by Crippen LogP contribution is 2.25. The molecule has 11 N–H and O–H groups in total. The normalized spacial score (nSPS) is 25.3. The summed E-state index contributed by atoms with van der Waals surface area (Å²) in [6, 6.07) is 11.4. The van der Waals surface area contributed by atoms with E-state index in [1.165, 1.54) is 56.6 Å². The molecule has 402 valence electrons. The van der Waals surface area contributed by atoms with Gasteiger partial charge in [-0.1, -0.05) is 75.4 Å². The minimum absolute atomic E-state index is 0.00483. The Morgan fingerprint density at radius 2 is 1.31 bits per heavy atom. The summed E-state index contributed by atoms with van der Waals surface area (Å²) < 4.78 is 5.93. The minimum atomic E-state index is -1.67. The van der Waals surface area contributed by atoms with E-state index in [0.717, 1.165) is 34.6 Å². The largest absolute Gasteiger partial charge is 0.508 e. The number of nitrogens with two attached hydrogens (primary N) is 1. The van der Waals surface area contributed by atoms with Crippen molar-refractivity contribution >= 4 is 41.4 Å². The van der Waals surface area contributed by atoms with Crippen LogP contribution in [0.5, 0.6) is 11.5 Å². The molecule has 0 aromatic heterocycles. The number of phenolic OH excluding ortho intramolecular Hbond substituents is 1. The zero-order valence-electron chi connectivity index (χ0n) is 42.5. The lowest BCUT2D eigenvalue weighted by Gasteiger charge is -2.32. The highest BCUT2D eigenvalue weighted by atomic mass is 16.5. The molecule has 3 aliphatic rings. The summed E-state index contributed by atoms with van der Waals surface area (Å²) in [5, 5.41) is 55.9. The first-order valence-corrected chi connectivity index (χ1v) is 26.0. The van der Waals surface area contributed by atoms with Crippen LogP contribution in [-0.2, 0) is 35.2 Å². The Morgan fingerprint density at radius 3 is 1.95 bits per heavy atom. The summed E-state index contributed by atoms with van der Waals surface area (Å²) in [4.78, 5) is 101. The third-order valence-corrected chi connectivity index (χ3v) is 13.9. The van der Waals surface area contributed by atoms with E-state index >= 15 is 0 Å². The van der Waals surface area contributed by atoms with Crippen LogP contribution in [0.1, 0.15) is 107 Å². The molecule has 0 bridgehead atoms. The summed E-state index contributed by atoms with van der Waals surface area (Å²) in [6.07, 6.45) is 2.66. The lowest BCUT2D eigenvalue weighted by Crippen LogP contribution is -2.61. The SMILES string of the molecule is CCCCCCCCOc1ccc(-c2ccc(C(=O)N[C@H]3CCCNC(=O)[C@@H]4C[C@H](N)CN4C(=O)[C@H]([C@@H](C)O)NC(=O)[C@H](CCc4ccc(O)cc4)NC(=O)[C@@H]4C[C@@H](O)CN4C(=O)[C@H]([C@@H](C)O)NC3=O)cc2)cc1. The predicted molar refractivity (Wildman–Crippen MR) is 274 cm³/mol. The molecule has 3 aromatic carbocycles. The maximum atomic E-state index is 14.4. The Bertz CT molecular complexity index is 2380. The van der Waals surface area contributed by atoms with Crippen molar-refractivity contribution in [1.29, 1.82) is 0 Å². The van der Waals surface area contributed by atoms with Crippen molar-refractivity contribution in [3.8, 4) is 22.6 Å². The average molecular weight is 1030 g/mol. The third-order valence-electron chi connectivity index (χ3n) is 13.9. The van der Waals surface area contributed by atoms with Crippen LogP contribution in [0.25, 0.3) is 11.1 Å². The van der Waals surface area contributed by atoms with Crippen LogP contribution in [0.4, 0.5) is 0 Å². The van der Waals surface area contributed by atoms with E-state index in [1.807, 2.05) is 24.3 Å². The molecule has 20 heteroatoms. The molecule has 0 unspecified atom stereocenters. The number of hydrogen-bond acceptors (Lipinski definition) is 13. The fourth-order valence-electron chi connectivity index (χ4n) is 9.60. The molecule has 0 radical (unpaired) electrons. The Hall–Kier alpha value is -6.61. The van der Waals surface area contributed by atoms with Gasteiger partial charge in [-0.2, -0.15) is 0 Å². The number of aryl methyl sites for hydroxylation is 1. The van der Waals surface area contributed by atoms with E-state index in [2.05, 4.69) is 33.5 Å². The number of phenols is 1. The van der Waals surface area contributed by atoms with Crippen LogP contribution < -0.4 is 37.1 Å². The quantitative estimate of drug-likeness (QED) is 0.0913. The third kappa shape index (κ3) is 15.5. The number of aliphatic hydroxyl groups is 3. The topological polar surface area (TPSA) is 302 Å². The average Bonchev–Trinajstić information content (AvgIpc) is 3.98. The highest BCUT2D eigenvalue weighted by Gasteiger charge is 2.46. The van der Waals surface area contributed by atoms with Gasteiger partial charge in [0.15, 0.2) is 0 Å². The number of nitrogens with zero attached hydrogens (tertiary/aromatic N) is 2. The van der Waals surface area contributed by atoms with Crippen LogP contribution in [0.3, 0.4) is 0 Å². The van der Waals surface area contributed by atoms with E-state index in [-0.39, 0.29) is 69.5 Å². The second-order valence-electron chi connectivity index (χ2n) is 19.8. The molecule has 3 aliphatic heterocycles. The molecule has 0 spiro atoms. The van der Waals surface area contributed by atoms with Gasteiger partial charge in [-0.25, -0.2) is 0 Å². The summed E-state index contributed by atoms with van der Waals surface area (Å²) in [6.45, 7) is 4.89. The van der Waals surface area contributed by atoms with Crippen molar-refractivity contribution < 1.29 is 58.7 Å². The molecule has 20 nitrogen and oxygen atoms in total. The van der Waals surface area contributed by atoms with Gasteiger partial charge in [-0.3, -0.25) is 33.6 Å². The van der Waals surface area contributed by atoms with Gasteiger partial charge in [0, 0.05) is 37.7 Å². The van der Waals surface area contributed by atoms with Crippen molar-refractivity contribution in [3.63, 3.8) is 0 Å². The maximum absolute atomic E-state index is 14.4. The first-order chi connectivity index (χ1) is 35.4. The summed E-state index contributed by atoms with van der Waals surface area (Å²) in [5.41, 5.74) is 8.88. The standard InChI is InChI=1S/C54H74N8O12/c1-4-5-6-7-8-9-27-74-41-23-19-36(20-24-41)35-15-17-37(18-16-35)48(67)57-42-11-10-26-56-51(70)44-28-38(55)30-61(44)53(72)46(32(2)63)60-50(69)43(25-14-34-12-21-39(65)22-13-34)58-52(71)45-29-40(66)31-62(45)54(73)47(33(3)64)59-49(42)68/h12-13,15-24,32-33,38,40,42-47,63-66H,4-11,14,25-31,55H2,1-3H3,(H,56,70)(H,57,67)(H,58,71)(H,59,68)(H,60,69)/t32-,33-,38+,40-,42+,43+,44+,45+,46+,47+/m1/s1. The van der Waals surface area contributed by atoms with Crippen LogP contribution >= 0.6 is 0 Å². The fourth-order valence-corrected chi connectivity index (χ4v) is 9.60. The van der Waals surface area contributed by atoms with E-state index in [4.69, 9.17) is 10.5 Å². The van der Waals surface area contributed by atoms with E-state index in [0.29, 0.717) is 12.2 Å². The number of carbonyl (C=O) groups excluding carboxylic acids is 7. The Kier molecular flexibility index (Phi) is 20.7. The number of carbonyl (C=O) groups is 7. The molecular weight excluding hydrogens is 953 g/mol. The fraction of sp³-hybridized carbons (Fsp3) is 0.537. The van der Waals surface area contributed by atoms with Gasteiger partial charge in [-0.15, -0.1) is 0 Å². The second kappa shape index (κ2) is 27.1. The molecule has 3 saturated heterocycles. The number of aliphatic hydroxyl groups excluding tert-OH is 3. The van der Waals surface area contributed by atoms with E-state index < -0.39 is 102 Å². The summed E-state index contributed by atoms with van der Waals surface area (Å²) in [5.74, 6) is -4.79. The van der Waals surface area contributed by atoms with Crippen molar-refractivity contribution in [2.45, 2.75) is 158 Å². The van der Waals surface area contributed by atoms with Crippen molar-refractivity contribution in [3.05, 3.63) is 83.9 Å². The molecule has 3 aromatic rings. The monoisotopic (exact) mass is 1030 g/mol. The maximum Gasteiger partial charge on any atom is 0.251 e. The minimum Gasteiger partial charge on any atom is -0.508 e. The van der Waals surface area contributed by atoms with Crippen molar-refractivity contribution in [2.75, 3.05) is 26.2 Å². The summed E-state index contributed by atoms with van der Waals surface area (Å²) in [7, 11) is 0. The van der Waals surface area contributed by atoms with Gasteiger partial charge in [0.25, 0.3) is 5.91 Å². The van der Waals surface area contributed by atoms with Gasteiger partial charge in [-0.05, 0) is 105 Å². The first-order valence-electron chi connectivity index (χ1n) is 26.0. The van der Waals surface area contributed by atoms with Crippen LogP contribution in [0.2, 0.25) is 0 Å². The number of ether oxygens (including phenoxy) is 1. The molecule has 0 aliphatic carbocycles. The number of benzene rings is 3. The number of rotatable bonds is 16. The Labute approximate surface area is 432 Å². The van der Waals surface area contributed by atoms with Crippen molar-refractivity contribution in [2.24, 2.45) is 5.73 Å². The zero-order valence-corrected chi connectivity index (χ0v) is 42.5. The Balaban J connectivity index is 1.23. The molecule has 10 atom stereocenters. The van der Waals surface area contributed by atoms with Crippen LogP contribution in [0, 0.1) is 0 Å². The van der Waals surface area contributed by atoms with E-state index in [9.17, 15) is 54.0 Å². The van der Waals surface area contributed by atoms with Gasteiger partial charge in [0.05, 0.1) is 24.9 Å². The lowest BCUT2D eigenvalue weighted by molar-refractivity contribution is -0.145. The smallest absolute Gasteiger partial charge is 0.251 e. The number of fused-ring (bicyclic) bond motifs is 2. The number of nitrogens with one attached hydrogen (secondary N) is 5. The van der Waals surface area contributed by atoms with Gasteiger partial charge >= 0.3 is 0 Å². The molecule has 3 fully saturated rings. The molecule has 6 rings (SSSR count). The molecule has 7 amide bonds. The van der Waals surface area contributed by atoms with Crippen LogP contribution in [0.15, 0.2) is 72.8 Å². The van der Waals surface area contributed by atoms with Gasteiger partial charge < -0.3 is 67.3 Å². The van der Waals surface area contributed by atoms with Gasteiger partial charge in [0.1, 0.15) is 47.8 Å². The summed E-state index contributed by atoms with van der Waals surface area (Å²) >= 11 is 0. The molecule has 3 heterocycles. The predicted octanol–water partition coefficient (Wildman–Crippen LogP) is 1.55. The van der Waals surface area contributed by atoms with E-state index in [1.54, 1.807) is 36.4 Å².